The fraction of sp³-hybridized carbons (Fsp3) is 0.278. The van der Waals surface area contributed by atoms with Crippen LogP contribution in [0.5, 0.6) is 0 Å². The van der Waals surface area contributed by atoms with E-state index in [1.807, 2.05) is 6.07 Å². The standard InChI is InChI=1S/C18H17N3OS/c1-12-2-7-16-15(8-12)9-17(23-16)18(22)21-20-11-14-5-3-13(10-19)4-6-14/h3-6,9,11-12H,2,7-8H2,1H3,(H,21,22)/b20-11-/t12-/m1/s1. The van der Waals surface area contributed by atoms with Crippen molar-refractivity contribution in [3.05, 3.63) is 56.8 Å². The van der Waals surface area contributed by atoms with E-state index in [0.29, 0.717) is 11.5 Å². The summed E-state index contributed by atoms with van der Waals surface area (Å²) in [5.74, 6) is 0.532. The molecule has 1 aliphatic carbocycles. The Kier molecular flexibility index (Phi) is 4.54. The third kappa shape index (κ3) is 3.66. The molecule has 1 aromatic carbocycles. The van der Waals surface area contributed by atoms with Gasteiger partial charge in [0.25, 0.3) is 5.91 Å². The van der Waals surface area contributed by atoms with Gasteiger partial charge >= 0.3 is 0 Å². The van der Waals surface area contributed by atoms with E-state index in [2.05, 4.69) is 23.5 Å². The Bertz CT molecular complexity index is 784. The monoisotopic (exact) mass is 323 g/mol. The number of benzene rings is 1. The van der Waals surface area contributed by atoms with Gasteiger partial charge in [-0.05, 0) is 54.5 Å². The molecule has 1 aromatic heterocycles. The molecule has 1 atom stereocenters. The van der Waals surface area contributed by atoms with Gasteiger partial charge in [-0.3, -0.25) is 4.79 Å². The minimum atomic E-state index is -0.165. The summed E-state index contributed by atoms with van der Waals surface area (Å²) in [7, 11) is 0. The zero-order valence-corrected chi connectivity index (χ0v) is 13.7. The van der Waals surface area contributed by atoms with E-state index in [4.69, 9.17) is 5.26 Å². The largest absolute Gasteiger partial charge is 0.281 e. The van der Waals surface area contributed by atoms with Crippen molar-refractivity contribution in [2.24, 2.45) is 11.0 Å². The molecule has 1 N–H and O–H groups in total. The molecule has 1 amide bonds. The lowest BCUT2D eigenvalue weighted by atomic mass is 9.90. The van der Waals surface area contributed by atoms with Gasteiger partial charge in [-0.15, -0.1) is 11.3 Å². The highest BCUT2D eigenvalue weighted by Gasteiger charge is 2.20. The zero-order chi connectivity index (χ0) is 16.2. The first-order valence-corrected chi connectivity index (χ1v) is 8.42. The third-order valence-corrected chi connectivity index (χ3v) is 5.21. The van der Waals surface area contributed by atoms with Crippen LogP contribution in [0.1, 0.15) is 44.6 Å². The predicted octanol–water partition coefficient (Wildman–Crippen LogP) is 3.51. The SMILES string of the molecule is C[C@@H]1CCc2sc(C(=O)N/N=C\c3ccc(C#N)cc3)cc2C1. The molecule has 4 nitrogen and oxygen atoms in total. The van der Waals surface area contributed by atoms with E-state index in [-0.39, 0.29) is 5.91 Å². The van der Waals surface area contributed by atoms with Crippen molar-refractivity contribution < 1.29 is 4.79 Å². The number of hydrogen-bond donors (Lipinski definition) is 1. The normalized spacial score (nSPS) is 16.8. The van der Waals surface area contributed by atoms with Crippen LogP contribution in [-0.4, -0.2) is 12.1 Å². The van der Waals surface area contributed by atoms with E-state index in [9.17, 15) is 4.79 Å². The number of aryl methyl sites for hydroxylation is 1. The Labute approximate surface area is 139 Å². The summed E-state index contributed by atoms with van der Waals surface area (Å²) in [5, 5.41) is 12.7. The van der Waals surface area contributed by atoms with E-state index in [1.165, 1.54) is 16.9 Å². The predicted molar refractivity (Wildman–Crippen MR) is 91.7 cm³/mol. The van der Waals surface area contributed by atoms with Crippen molar-refractivity contribution in [1.82, 2.24) is 5.43 Å². The Balaban J connectivity index is 1.63. The highest BCUT2D eigenvalue weighted by Crippen LogP contribution is 2.32. The molecule has 1 heterocycles. The van der Waals surface area contributed by atoms with Gasteiger partial charge in [0, 0.05) is 4.88 Å². The molecule has 1 aliphatic rings. The molecule has 23 heavy (non-hydrogen) atoms. The molecule has 0 aliphatic heterocycles. The maximum absolute atomic E-state index is 12.2. The summed E-state index contributed by atoms with van der Waals surface area (Å²) in [4.78, 5) is 14.2. The Morgan fingerprint density at radius 1 is 1.43 bits per heavy atom. The molecule has 0 unspecified atom stereocenters. The lowest BCUT2D eigenvalue weighted by molar-refractivity contribution is 0.0959. The first-order chi connectivity index (χ1) is 11.2. The average Bonchev–Trinajstić information content (AvgIpc) is 2.98. The van der Waals surface area contributed by atoms with E-state index in [1.54, 1.807) is 41.8 Å². The summed E-state index contributed by atoms with van der Waals surface area (Å²) >= 11 is 1.57. The van der Waals surface area contributed by atoms with E-state index in [0.717, 1.165) is 23.3 Å². The lowest BCUT2D eigenvalue weighted by Gasteiger charge is -2.16. The second-order valence-electron chi connectivity index (χ2n) is 5.84. The van der Waals surface area contributed by atoms with Gasteiger partial charge in [-0.25, -0.2) is 5.43 Å². The number of carbonyl (C=O) groups excluding carboxylic acids is 1. The van der Waals surface area contributed by atoms with Crippen LogP contribution >= 0.6 is 11.3 Å². The van der Waals surface area contributed by atoms with Crippen LogP contribution < -0.4 is 5.43 Å². The van der Waals surface area contributed by atoms with Gasteiger partial charge in [0.15, 0.2) is 0 Å². The molecule has 5 heteroatoms. The summed E-state index contributed by atoms with van der Waals surface area (Å²) < 4.78 is 0. The summed E-state index contributed by atoms with van der Waals surface area (Å²) in [6, 6.07) is 11.1. The number of nitrogens with one attached hydrogen (secondary N) is 1. The number of hydrazone groups is 1. The highest BCUT2D eigenvalue weighted by atomic mass is 32.1. The molecule has 2 aromatic rings. The Morgan fingerprint density at radius 3 is 2.96 bits per heavy atom. The molecule has 3 rings (SSSR count). The lowest BCUT2D eigenvalue weighted by Crippen LogP contribution is -2.16. The number of rotatable bonds is 3. The van der Waals surface area contributed by atoms with Crippen LogP contribution in [0.4, 0.5) is 0 Å². The minimum Gasteiger partial charge on any atom is -0.266 e. The molecule has 0 saturated heterocycles. The fourth-order valence-corrected chi connectivity index (χ4v) is 3.78. The number of fused-ring (bicyclic) bond motifs is 1. The van der Waals surface area contributed by atoms with Crippen molar-refractivity contribution in [3.63, 3.8) is 0 Å². The average molecular weight is 323 g/mol. The zero-order valence-electron chi connectivity index (χ0n) is 12.9. The van der Waals surface area contributed by atoms with Crippen LogP contribution in [0.15, 0.2) is 35.4 Å². The number of thiophene rings is 1. The van der Waals surface area contributed by atoms with Crippen molar-refractivity contribution >= 4 is 23.5 Å². The Morgan fingerprint density at radius 2 is 2.22 bits per heavy atom. The number of amides is 1. The van der Waals surface area contributed by atoms with E-state index >= 15 is 0 Å². The second kappa shape index (κ2) is 6.76. The van der Waals surface area contributed by atoms with Crippen molar-refractivity contribution in [1.29, 1.82) is 5.26 Å². The van der Waals surface area contributed by atoms with Gasteiger partial charge in [0.1, 0.15) is 0 Å². The molecule has 0 saturated carbocycles. The maximum Gasteiger partial charge on any atom is 0.281 e. The summed E-state index contributed by atoms with van der Waals surface area (Å²) in [5.41, 5.74) is 5.33. The smallest absolute Gasteiger partial charge is 0.266 e. The fourth-order valence-electron chi connectivity index (χ4n) is 2.68. The number of hydrogen-bond acceptors (Lipinski definition) is 4. The van der Waals surface area contributed by atoms with Gasteiger partial charge in [0.2, 0.25) is 0 Å². The number of nitriles is 1. The number of nitrogens with zero attached hydrogens (tertiary/aromatic N) is 2. The topological polar surface area (TPSA) is 65.2 Å². The quantitative estimate of drug-likeness (QED) is 0.694. The van der Waals surface area contributed by atoms with Crippen LogP contribution in [0.2, 0.25) is 0 Å². The minimum absolute atomic E-state index is 0.165. The van der Waals surface area contributed by atoms with Crippen molar-refractivity contribution in [2.45, 2.75) is 26.2 Å². The van der Waals surface area contributed by atoms with E-state index < -0.39 is 0 Å². The van der Waals surface area contributed by atoms with Gasteiger partial charge < -0.3 is 0 Å². The molecule has 0 radical (unpaired) electrons. The first kappa shape index (κ1) is 15.4. The molecule has 0 bridgehead atoms. The second-order valence-corrected chi connectivity index (χ2v) is 6.98. The number of carbonyl (C=O) groups is 1. The van der Waals surface area contributed by atoms with Crippen LogP contribution in [0.3, 0.4) is 0 Å². The van der Waals surface area contributed by atoms with Crippen LogP contribution in [-0.2, 0) is 12.8 Å². The first-order valence-electron chi connectivity index (χ1n) is 7.61. The molecule has 116 valence electrons. The van der Waals surface area contributed by atoms with Gasteiger partial charge in [-0.2, -0.15) is 10.4 Å². The molecular weight excluding hydrogens is 306 g/mol. The van der Waals surface area contributed by atoms with Gasteiger partial charge in [0.05, 0.1) is 22.7 Å². The van der Waals surface area contributed by atoms with Gasteiger partial charge in [-0.1, -0.05) is 19.1 Å². The van der Waals surface area contributed by atoms with Crippen molar-refractivity contribution in [2.75, 3.05) is 0 Å². The molecule has 0 spiro atoms. The van der Waals surface area contributed by atoms with Crippen LogP contribution in [0.25, 0.3) is 0 Å². The van der Waals surface area contributed by atoms with Crippen LogP contribution in [0, 0.1) is 17.2 Å². The third-order valence-electron chi connectivity index (χ3n) is 3.97. The summed E-state index contributed by atoms with van der Waals surface area (Å²) in [6.45, 7) is 2.25. The molecule has 0 fully saturated rings. The molecular formula is C18H17N3OS. The Hall–Kier alpha value is -2.45. The maximum atomic E-state index is 12.2. The highest BCUT2D eigenvalue weighted by molar-refractivity contribution is 7.14. The summed E-state index contributed by atoms with van der Waals surface area (Å²) in [6.07, 6.45) is 4.91. The van der Waals surface area contributed by atoms with Crippen molar-refractivity contribution in [3.8, 4) is 6.07 Å².